The van der Waals surface area contributed by atoms with Crippen molar-refractivity contribution in [2.45, 2.75) is 18.8 Å². The lowest BCUT2D eigenvalue weighted by Gasteiger charge is -2.11. The third-order valence-corrected chi connectivity index (χ3v) is 6.18. The summed E-state index contributed by atoms with van der Waals surface area (Å²) >= 11 is 0. The third kappa shape index (κ3) is 4.68. The van der Waals surface area contributed by atoms with Crippen molar-refractivity contribution in [1.29, 1.82) is 0 Å². The molecule has 7 nitrogen and oxygen atoms in total. The number of fused-ring (bicyclic) bond motifs is 1. The number of pyridine rings is 2. The average Bonchev–Trinajstić information content (AvgIpc) is 2.77. The number of rotatable bonds is 6. The molecule has 1 atom stereocenters. The molecule has 2 aromatic carbocycles. The van der Waals surface area contributed by atoms with E-state index in [9.17, 15) is 22.2 Å². The largest absolute Gasteiger partial charge is 0.489 e. The number of ether oxygens (including phenoxy) is 1. The van der Waals surface area contributed by atoms with Gasteiger partial charge >= 0.3 is 0 Å². The van der Waals surface area contributed by atoms with Gasteiger partial charge in [0.1, 0.15) is 23.4 Å². The second kappa shape index (κ2) is 8.52. The van der Waals surface area contributed by atoms with E-state index in [1.165, 1.54) is 35.8 Å². The van der Waals surface area contributed by atoms with Crippen LogP contribution in [0.15, 0.2) is 77.7 Å². The SMILES string of the molecule is CC(c1ccc2cc(-n3ccc(OCc4ccc(F)cc4)cc3=O)ccc2n1)S(=O)(=O)O. The monoisotopic (exact) mass is 454 g/mol. The number of benzene rings is 2. The Morgan fingerprint density at radius 2 is 1.81 bits per heavy atom. The molecule has 0 saturated carbocycles. The van der Waals surface area contributed by atoms with Crippen molar-refractivity contribution < 1.29 is 22.1 Å². The highest BCUT2D eigenvalue weighted by molar-refractivity contribution is 7.86. The van der Waals surface area contributed by atoms with Gasteiger partial charge in [0.05, 0.1) is 11.2 Å². The second-order valence-electron chi connectivity index (χ2n) is 7.26. The van der Waals surface area contributed by atoms with Crippen LogP contribution in [0, 0.1) is 5.82 Å². The van der Waals surface area contributed by atoms with E-state index in [2.05, 4.69) is 4.98 Å². The Morgan fingerprint density at radius 3 is 2.50 bits per heavy atom. The Bertz CT molecular complexity index is 1450. The average molecular weight is 454 g/mol. The van der Waals surface area contributed by atoms with Crippen molar-refractivity contribution in [2.24, 2.45) is 0 Å². The Hall–Kier alpha value is -3.56. The van der Waals surface area contributed by atoms with Crippen molar-refractivity contribution in [3.8, 4) is 11.4 Å². The van der Waals surface area contributed by atoms with E-state index in [1.807, 2.05) is 0 Å². The van der Waals surface area contributed by atoms with Crippen LogP contribution in [0.3, 0.4) is 0 Å². The standard InChI is InChI=1S/C23H19FN2O5S/c1-15(32(28,29)30)21-8-4-17-12-19(7-9-22(17)25-21)26-11-10-20(13-23(26)27)31-14-16-2-5-18(24)6-3-16/h2-13,15H,14H2,1H3,(H,28,29,30). The second-order valence-corrected chi connectivity index (χ2v) is 8.99. The Kier molecular flexibility index (Phi) is 5.77. The van der Waals surface area contributed by atoms with Gasteiger partial charge in [0.15, 0.2) is 0 Å². The van der Waals surface area contributed by atoms with Gasteiger partial charge in [-0.3, -0.25) is 18.9 Å². The van der Waals surface area contributed by atoms with Gasteiger partial charge in [-0.1, -0.05) is 18.2 Å². The van der Waals surface area contributed by atoms with Crippen LogP contribution in [0.1, 0.15) is 23.4 Å². The number of halogens is 1. The molecule has 0 aliphatic rings. The summed E-state index contributed by atoms with van der Waals surface area (Å²) in [5.74, 6) is 0.0629. The van der Waals surface area contributed by atoms with Gasteiger partial charge in [0.2, 0.25) is 0 Å². The van der Waals surface area contributed by atoms with Crippen molar-refractivity contribution >= 4 is 21.0 Å². The minimum atomic E-state index is -4.25. The minimum absolute atomic E-state index is 0.204. The maximum Gasteiger partial charge on any atom is 0.273 e. The summed E-state index contributed by atoms with van der Waals surface area (Å²) in [6.45, 7) is 1.56. The number of aromatic nitrogens is 2. The first kappa shape index (κ1) is 21.7. The summed E-state index contributed by atoms with van der Waals surface area (Å²) < 4.78 is 52.0. The lowest BCUT2D eigenvalue weighted by atomic mass is 10.1. The molecule has 1 unspecified atom stereocenters. The van der Waals surface area contributed by atoms with E-state index < -0.39 is 15.4 Å². The molecule has 0 bridgehead atoms. The zero-order chi connectivity index (χ0) is 22.9. The minimum Gasteiger partial charge on any atom is -0.489 e. The van der Waals surface area contributed by atoms with Crippen molar-refractivity contribution in [3.05, 3.63) is 100 Å². The number of hydrogen-bond donors (Lipinski definition) is 1. The van der Waals surface area contributed by atoms with Crippen LogP contribution >= 0.6 is 0 Å². The topological polar surface area (TPSA) is 98.5 Å². The highest BCUT2D eigenvalue weighted by atomic mass is 32.2. The molecule has 0 saturated heterocycles. The van der Waals surface area contributed by atoms with Crippen LogP contribution in [0.5, 0.6) is 5.75 Å². The maximum atomic E-state index is 13.0. The maximum absolute atomic E-state index is 13.0. The fraction of sp³-hybridized carbons (Fsp3) is 0.130. The summed E-state index contributed by atoms with van der Waals surface area (Å²) in [4.78, 5) is 16.9. The molecule has 2 heterocycles. The van der Waals surface area contributed by atoms with E-state index in [0.717, 1.165) is 5.56 Å². The quantitative estimate of drug-likeness (QED) is 0.442. The highest BCUT2D eigenvalue weighted by Crippen LogP contribution is 2.23. The van der Waals surface area contributed by atoms with Gasteiger partial charge in [0.25, 0.3) is 15.7 Å². The molecular weight excluding hydrogens is 435 g/mol. The molecule has 4 aromatic rings. The van der Waals surface area contributed by atoms with Crippen LogP contribution in [0.25, 0.3) is 16.6 Å². The summed E-state index contributed by atoms with van der Waals surface area (Å²) in [6, 6.07) is 17.3. The third-order valence-electron chi connectivity index (χ3n) is 5.05. The van der Waals surface area contributed by atoms with E-state index in [0.29, 0.717) is 22.3 Å². The van der Waals surface area contributed by atoms with E-state index in [1.54, 1.807) is 48.7 Å². The van der Waals surface area contributed by atoms with Crippen LogP contribution in [-0.2, 0) is 16.7 Å². The predicted octanol–water partition coefficient (Wildman–Crippen LogP) is 4.05. The fourth-order valence-corrected chi connectivity index (χ4v) is 3.61. The van der Waals surface area contributed by atoms with Gasteiger partial charge in [0, 0.05) is 23.3 Å². The molecule has 0 amide bonds. The Labute approximate surface area is 183 Å². The molecule has 0 spiro atoms. The molecule has 4 rings (SSSR count). The summed E-state index contributed by atoms with van der Waals surface area (Å²) in [5, 5.41) is -0.436. The van der Waals surface area contributed by atoms with Gasteiger partial charge in [-0.15, -0.1) is 0 Å². The first-order chi connectivity index (χ1) is 15.2. The highest BCUT2D eigenvalue weighted by Gasteiger charge is 2.21. The molecule has 0 aliphatic carbocycles. The summed E-state index contributed by atoms with van der Waals surface area (Å²) in [5.41, 5.74) is 1.84. The number of hydrogen-bond acceptors (Lipinski definition) is 5. The lowest BCUT2D eigenvalue weighted by molar-refractivity contribution is 0.305. The van der Waals surface area contributed by atoms with Gasteiger partial charge in [-0.05, 0) is 55.0 Å². The van der Waals surface area contributed by atoms with E-state index in [4.69, 9.17) is 4.74 Å². The smallest absolute Gasteiger partial charge is 0.273 e. The van der Waals surface area contributed by atoms with Gasteiger partial charge < -0.3 is 4.74 Å². The molecule has 32 heavy (non-hydrogen) atoms. The van der Waals surface area contributed by atoms with E-state index in [-0.39, 0.29) is 23.7 Å². The first-order valence-electron chi connectivity index (χ1n) is 9.68. The molecule has 164 valence electrons. The van der Waals surface area contributed by atoms with Crippen molar-refractivity contribution in [3.63, 3.8) is 0 Å². The first-order valence-corrected chi connectivity index (χ1v) is 11.2. The van der Waals surface area contributed by atoms with Crippen molar-refractivity contribution in [2.75, 3.05) is 0 Å². The summed E-state index contributed by atoms with van der Waals surface area (Å²) in [6.07, 6.45) is 1.59. The van der Waals surface area contributed by atoms with Crippen LogP contribution in [0.2, 0.25) is 0 Å². The number of nitrogens with zero attached hydrogens (tertiary/aromatic N) is 2. The van der Waals surface area contributed by atoms with Gasteiger partial charge in [-0.25, -0.2) is 4.39 Å². The Balaban J connectivity index is 1.56. The lowest BCUT2D eigenvalue weighted by Crippen LogP contribution is -2.16. The van der Waals surface area contributed by atoms with E-state index >= 15 is 0 Å². The molecular formula is C23H19FN2O5S. The van der Waals surface area contributed by atoms with Crippen LogP contribution < -0.4 is 10.3 Å². The van der Waals surface area contributed by atoms with Crippen LogP contribution in [-0.4, -0.2) is 22.5 Å². The molecule has 1 N–H and O–H groups in total. The van der Waals surface area contributed by atoms with Crippen molar-refractivity contribution in [1.82, 2.24) is 9.55 Å². The predicted molar refractivity (Wildman–Crippen MR) is 118 cm³/mol. The molecule has 9 heteroatoms. The zero-order valence-corrected chi connectivity index (χ0v) is 17.8. The van der Waals surface area contributed by atoms with Crippen LogP contribution in [0.4, 0.5) is 4.39 Å². The Morgan fingerprint density at radius 1 is 1.06 bits per heavy atom. The zero-order valence-electron chi connectivity index (χ0n) is 17.0. The van der Waals surface area contributed by atoms with Gasteiger partial charge in [-0.2, -0.15) is 8.42 Å². The fourth-order valence-electron chi connectivity index (χ4n) is 3.17. The molecule has 0 aliphatic heterocycles. The molecule has 0 fully saturated rings. The summed E-state index contributed by atoms with van der Waals surface area (Å²) in [7, 11) is -4.25. The molecule has 0 radical (unpaired) electrons. The normalized spacial score (nSPS) is 12.6. The molecule has 2 aromatic heterocycles.